The van der Waals surface area contributed by atoms with Gasteiger partial charge >= 0.3 is 0 Å². The quantitative estimate of drug-likeness (QED) is 0.478. The molecule has 0 atom stereocenters. The fourth-order valence-corrected chi connectivity index (χ4v) is 1.22. The standard InChI is InChI=1S/C12H15N3S/c1-9-4-3-5-11(8-9)7-6-10(2)14-15-12(13)16/h3-8H,1-2H3,(H3,13,15,16)/b7-6-,14-10-. The lowest BCUT2D eigenvalue weighted by Crippen LogP contribution is -2.24. The molecule has 4 heteroatoms. The zero-order chi connectivity index (χ0) is 12.0. The largest absolute Gasteiger partial charge is 0.375 e. The zero-order valence-corrected chi connectivity index (χ0v) is 10.2. The van der Waals surface area contributed by atoms with Gasteiger partial charge in [-0.05, 0) is 37.7 Å². The van der Waals surface area contributed by atoms with Crippen LogP contribution in [-0.4, -0.2) is 10.8 Å². The number of hydrogen-bond acceptors (Lipinski definition) is 2. The van der Waals surface area contributed by atoms with Gasteiger partial charge in [0.2, 0.25) is 0 Å². The van der Waals surface area contributed by atoms with E-state index in [0.717, 1.165) is 11.3 Å². The predicted molar refractivity (Wildman–Crippen MR) is 73.2 cm³/mol. The van der Waals surface area contributed by atoms with E-state index in [9.17, 15) is 0 Å². The number of rotatable bonds is 3. The van der Waals surface area contributed by atoms with Gasteiger partial charge < -0.3 is 5.73 Å². The molecule has 0 unspecified atom stereocenters. The second-order valence-corrected chi connectivity index (χ2v) is 3.92. The maximum Gasteiger partial charge on any atom is 0.184 e. The molecule has 0 radical (unpaired) electrons. The third-order valence-electron chi connectivity index (χ3n) is 1.90. The third-order valence-corrected chi connectivity index (χ3v) is 1.99. The summed E-state index contributed by atoms with van der Waals surface area (Å²) < 4.78 is 0. The first-order valence-corrected chi connectivity index (χ1v) is 5.33. The molecule has 0 heterocycles. The molecule has 3 N–H and O–H groups in total. The molecular formula is C12H15N3S. The van der Waals surface area contributed by atoms with Gasteiger partial charge in [0.25, 0.3) is 0 Å². The van der Waals surface area contributed by atoms with Gasteiger partial charge in [-0.1, -0.05) is 35.9 Å². The highest BCUT2D eigenvalue weighted by molar-refractivity contribution is 7.80. The number of hydrogen-bond donors (Lipinski definition) is 2. The highest BCUT2D eigenvalue weighted by Gasteiger charge is 1.89. The Labute approximate surface area is 101 Å². The van der Waals surface area contributed by atoms with Crippen LogP contribution in [0.3, 0.4) is 0 Å². The molecule has 0 aliphatic rings. The van der Waals surface area contributed by atoms with Gasteiger partial charge in [0.05, 0.1) is 5.71 Å². The Balaban J connectivity index is 2.66. The molecule has 3 nitrogen and oxygen atoms in total. The maximum atomic E-state index is 5.26. The number of allylic oxidation sites excluding steroid dienone is 1. The van der Waals surface area contributed by atoms with Gasteiger partial charge in [0.1, 0.15) is 0 Å². The highest BCUT2D eigenvalue weighted by Crippen LogP contribution is 2.05. The average molecular weight is 233 g/mol. The van der Waals surface area contributed by atoms with Crippen molar-refractivity contribution in [2.45, 2.75) is 13.8 Å². The third kappa shape index (κ3) is 4.70. The summed E-state index contributed by atoms with van der Waals surface area (Å²) in [6.45, 7) is 3.93. The molecule has 0 amide bonds. The minimum atomic E-state index is 0.170. The van der Waals surface area contributed by atoms with Crippen LogP contribution in [0, 0.1) is 6.92 Å². The van der Waals surface area contributed by atoms with Crippen LogP contribution >= 0.6 is 12.2 Å². The number of nitrogens with two attached hydrogens (primary N) is 1. The molecule has 0 aromatic heterocycles. The summed E-state index contributed by atoms with van der Waals surface area (Å²) >= 11 is 4.64. The molecule has 0 fully saturated rings. The van der Waals surface area contributed by atoms with E-state index in [-0.39, 0.29) is 5.11 Å². The molecule has 16 heavy (non-hydrogen) atoms. The average Bonchev–Trinajstić information content (AvgIpc) is 2.23. The van der Waals surface area contributed by atoms with E-state index in [1.807, 2.05) is 31.2 Å². The van der Waals surface area contributed by atoms with Crippen molar-refractivity contribution in [2.75, 3.05) is 0 Å². The molecule has 1 aromatic carbocycles. The molecule has 0 spiro atoms. The first-order valence-electron chi connectivity index (χ1n) is 4.92. The van der Waals surface area contributed by atoms with Gasteiger partial charge in [-0.3, -0.25) is 5.43 Å². The summed E-state index contributed by atoms with van der Waals surface area (Å²) in [4.78, 5) is 0. The summed E-state index contributed by atoms with van der Waals surface area (Å²) in [5.41, 5.74) is 11.0. The Morgan fingerprint density at radius 2 is 2.25 bits per heavy atom. The van der Waals surface area contributed by atoms with Crippen molar-refractivity contribution in [3.63, 3.8) is 0 Å². The van der Waals surface area contributed by atoms with Crippen molar-refractivity contribution in [1.29, 1.82) is 0 Å². The van der Waals surface area contributed by atoms with E-state index < -0.39 is 0 Å². The molecule has 0 aliphatic heterocycles. The van der Waals surface area contributed by atoms with Crippen molar-refractivity contribution in [3.8, 4) is 0 Å². The summed E-state index contributed by atoms with van der Waals surface area (Å²) in [6.07, 6.45) is 3.90. The van der Waals surface area contributed by atoms with E-state index in [2.05, 4.69) is 41.8 Å². The monoisotopic (exact) mass is 233 g/mol. The summed E-state index contributed by atoms with van der Waals surface area (Å²) in [6, 6.07) is 8.23. The minimum absolute atomic E-state index is 0.170. The van der Waals surface area contributed by atoms with Gasteiger partial charge in [-0.15, -0.1) is 0 Å². The Bertz CT molecular complexity index is 436. The second-order valence-electron chi connectivity index (χ2n) is 3.48. The lowest BCUT2D eigenvalue weighted by atomic mass is 10.1. The molecule has 1 rings (SSSR count). The molecule has 0 saturated heterocycles. The van der Waals surface area contributed by atoms with E-state index >= 15 is 0 Å². The lowest BCUT2D eigenvalue weighted by molar-refractivity contribution is 1.03. The van der Waals surface area contributed by atoms with Crippen molar-refractivity contribution >= 4 is 29.1 Å². The number of hydrazone groups is 1. The van der Waals surface area contributed by atoms with Crippen molar-refractivity contribution < 1.29 is 0 Å². The summed E-state index contributed by atoms with van der Waals surface area (Å²) in [7, 11) is 0. The molecule has 0 aliphatic carbocycles. The molecule has 1 aromatic rings. The fourth-order valence-electron chi connectivity index (χ4n) is 1.17. The molecule has 0 saturated carbocycles. The highest BCUT2D eigenvalue weighted by atomic mass is 32.1. The smallest absolute Gasteiger partial charge is 0.184 e. The topological polar surface area (TPSA) is 50.4 Å². The SMILES string of the molecule is CC(/C=C\c1cccc(C)c1)=N/NC(N)=S. The molecule has 84 valence electrons. The summed E-state index contributed by atoms with van der Waals surface area (Å²) in [5.74, 6) is 0. The summed E-state index contributed by atoms with van der Waals surface area (Å²) in [5, 5.41) is 4.14. The number of benzene rings is 1. The zero-order valence-electron chi connectivity index (χ0n) is 9.40. The van der Waals surface area contributed by atoms with Crippen LogP contribution in [0.4, 0.5) is 0 Å². The molecular weight excluding hydrogens is 218 g/mol. The Morgan fingerprint density at radius 1 is 1.50 bits per heavy atom. The van der Waals surface area contributed by atoms with Crippen LogP contribution in [0.25, 0.3) is 6.08 Å². The lowest BCUT2D eigenvalue weighted by Gasteiger charge is -1.97. The van der Waals surface area contributed by atoms with Gasteiger partial charge in [-0.2, -0.15) is 5.10 Å². The van der Waals surface area contributed by atoms with Crippen LogP contribution in [-0.2, 0) is 0 Å². The van der Waals surface area contributed by atoms with E-state index in [1.54, 1.807) is 0 Å². The maximum absolute atomic E-state index is 5.26. The van der Waals surface area contributed by atoms with E-state index in [0.29, 0.717) is 0 Å². The second kappa shape index (κ2) is 6.02. The van der Waals surface area contributed by atoms with E-state index in [4.69, 9.17) is 5.73 Å². The predicted octanol–water partition coefficient (Wildman–Crippen LogP) is 2.22. The fraction of sp³-hybridized carbons (Fsp3) is 0.167. The first kappa shape index (κ1) is 12.4. The van der Waals surface area contributed by atoms with E-state index in [1.165, 1.54) is 5.56 Å². The van der Waals surface area contributed by atoms with Crippen LogP contribution in [0.2, 0.25) is 0 Å². The van der Waals surface area contributed by atoms with Crippen molar-refractivity contribution in [1.82, 2.24) is 5.43 Å². The van der Waals surface area contributed by atoms with Crippen molar-refractivity contribution in [2.24, 2.45) is 10.8 Å². The normalized spacial score (nSPS) is 11.8. The number of thiocarbonyl (C=S) groups is 1. The Hall–Kier alpha value is -1.68. The van der Waals surface area contributed by atoms with Gasteiger partial charge in [-0.25, -0.2) is 0 Å². The minimum Gasteiger partial charge on any atom is -0.375 e. The first-order chi connectivity index (χ1) is 7.58. The van der Waals surface area contributed by atoms with Gasteiger partial charge in [0, 0.05) is 0 Å². The molecule has 0 bridgehead atoms. The number of nitrogens with one attached hydrogen (secondary N) is 1. The number of nitrogens with zero attached hydrogens (tertiary/aromatic N) is 1. The number of aryl methyl sites for hydroxylation is 1. The van der Waals surface area contributed by atoms with Crippen LogP contribution in [0.5, 0.6) is 0 Å². The van der Waals surface area contributed by atoms with Crippen molar-refractivity contribution in [3.05, 3.63) is 41.5 Å². The van der Waals surface area contributed by atoms with Crippen LogP contribution in [0.1, 0.15) is 18.1 Å². The van der Waals surface area contributed by atoms with Crippen LogP contribution in [0.15, 0.2) is 35.4 Å². The van der Waals surface area contributed by atoms with Crippen LogP contribution < -0.4 is 11.2 Å². The Morgan fingerprint density at radius 3 is 2.88 bits per heavy atom. The van der Waals surface area contributed by atoms with Gasteiger partial charge in [0.15, 0.2) is 5.11 Å². The Kier molecular flexibility index (Phi) is 4.66.